The van der Waals surface area contributed by atoms with E-state index in [9.17, 15) is 4.79 Å². The van der Waals surface area contributed by atoms with Crippen LogP contribution in [0.1, 0.15) is 42.7 Å². The molecule has 0 bridgehead atoms. The van der Waals surface area contributed by atoms with Crippen molar-refractivity contribution in [3.63, 3.8) is 0 Å². The van der Waals surface area contributed by atoms with Gasteiger partial charge in [-0.25, -0.2) is 0 Å². The van der Waals surface area contributed by atoms with Crippen LogP contribution in [-0.4, -0.2) is 6.29 Å². The summed E-state index contributed by atoms with van der Waals surface area (Å²) in [5.41, 5.74) is 2.73. The van der Waals surface area contributed by atoms with Gasteiger partial charge in [-0.15, -0.1) is 11.3 Å². The second kappa shape index (κ2) is 5.70. The SMILES string of the molecule is CC(C)(C)c1ccc(CC(C=O)c2cccs2)cc1. The Hall–Kier alpha value is -1.41. The number of benzene rings is 1. The number of carbonyl (C=O) groups is 1. The first-order valence-electron chi connectivity index (χ1n) is 6.59. The van der Waals surface area contributed by atoms with Crippen molar-refractivity contribution in [3.8, 4) is 0 Å². The third-order valence-electron chi connectivity index (χ3n) is 3.35. The van der Waals surface area contributed by atoms with Crippen LogP contribution in [0.25, 0.3) is 0 Å². The van der Waals surface area contributed by atoms with Gasteiger partial charge in [-0.05, 0) is 34.4 Å². The van der Waals surface area contributed by atoms with Crippen molar-refractivity contribution in [3.05, 3.63) is 57.8 Å². The third-order valence-corrected chi connectivity index (χ3v) is 4.35. The van der Waals surface area contributed by atoms with Gasteiger partial charge in [-0.1, -0.05) is 51.1 Å². The summed E-state index contributed by atoms with van der Waals surface area (Å²) in [6.45, 7) is 6.63. The number of carbonyl (C=O) groups excluding carboxylic acids is 1. The predicted molar refractivity (Wildman–Crippen MR) is 82.0 cm³/mol. The van der Waals surface area contributed by atoms with Crippen molar-refractivity contribution < 1.29 is 4.79 Å². The molecule has 0 saturated heterocycles. The molecule has 2 aromatic rings. The maximum absolute atomic E-state index is 11.2. The van der Waals surface area contributed by atoms with Gasteiger partial charge >= 0.3 is 0 Å². The molecule has 0 aliphatic carbocycles. The molecule has 1 nitrogen and oxygen atoms in total. The van der Waals surface area contributed by atoms with E-state index in [4.69, 9.17) is 0 Å². The molecule has 0 aliphatic rings. The van der Waals surface area contributed by atoms with Gasteiger partial charge in [0.25, 0.3) is 0 Å². The van der Waals surface area contributed by atoms with Crippen molar-refractivity contribution in [1.82, 2.24) is 0 Å². The molecule has 0 saturated carbocycles. The van der Waals surface area contributed by atoms with Gasteiger partial charge < -0.3 is 4.79 Å². The van der Waals surface area contributed by atoms with Crippen LogP contribution in [-0.2, 0) is 16.6 Å². The fourth-order valence-corrected chi connectivity index (χ4v) is 2.90. The summed E-state index contributed by atoms with van der Waals surface area (Å²) in [5, 5.41) is 2.02. The lowest BCUT2D eigenvalue weighted by molar-refractivity contribution is -0.109. The molecule has 2 heteroatoms. The Kier molecular flexibility index (Phi) is 4.20. The van der Waals surface area contributed by atoms with Crippen molar-refractivity contribution in [2.24, 2.45) is 0 Å². The minimum Gasteiger partial charge on any atom is -0.303 e. The normalized spacial score (nSPS) is 13.2. The second-order valence-electron chi connectivity index (χ2n) is 5.91. The van der Waals surface area contributed by atoms with Crippen molar-refractivity contribution in [1.29, 1.82) is 0 Å². The number of thiophene rings is 1. The van der Waals surface area contributed by atoms with Crippen LogP contribution in [0.5, 0.6) is 0 Å². The van der Waals surface area contributed by atoms with Gasteiger partial charge in [0, 0.05) is 4.88 Å². The summed E-state index contributed by atoms with van der Waals surface area (Å²) in [6, 6.07) is 12.7. The van der Waals surface area contributed by atoms with Crippen LogP contribution in [0.3, 0.4) is 0 Å². The Morgan fingerprint density at radius 1 is 1.16 bits per heavy atom. The second-order valence-corrected chi connectivity index (χ2v) is 6.89. The summed E-state index contributed by atoms with van der Waals surface area (Å²) in [5.74, 6) is -0.0134. The van der Waals surface area contributed by atoms with E-state index in [0.29, 0.717) is 0 Å². The Morgan fingerprint density at radius 2 is 1.84 bits per heavy atom. The number of aldehydes is 1. The zero-order valence-electron chi connectivity index (χ0n) is 11.7. The van der Waals surface area contributed by atoms with E-state index < -0.39 is 0 Å². The molecule has 0 N–H and O–H groups in total. The molecular weight excluding hydrogens is 252 g/mol. The Bertz CT molecular complexity index is 517. The van der Waals surface area contributed by atoms with Gasteiger partial charge in [0.15, 0.2) is 0 Å². The highest BCUT2D eigenvalue weighted by atomic mass is 32.1. The highest BCUT2D eigenvalue weighted by Gasteiger charge is 2.15. The zero-order valence-corrected chi connectivity index (χ0v) is 12.5. The topological polar surface area (TPSA) is 17.1 Å². The molecule has 0 amide bonds. The van der Waals surface area contributed by atoms with Crippen LogP contribution in [0.4, 0.5) is 0 Å². The molecule has 0 fully saturated rings. The molecule has 0 spiro atoms. The maximum Gasteiger partial charge on any atom is 0.128 e. The zero-order chi connectivity index (χ0) is 13.9. The molecule has 100 valence electrons. The monoisotopic (exact) mass is 272 g/mol. The smallest absolute Gasteiger partial charge is 0.128 e. The maximum atomic E-state index is 11.2. The van der Waals surface area contributed by atoms with E-state index in [1.165, 1.54) is 11.1 Å². The molecule has 0 radical (unpaired) electrons. The summed E-state index contributed by atoms with van der Waals surface area (Å²) < 4.78 is 0. The first kappa shape index (κ1) is 14.0. The first-order chi connectivity index (χ1) is 9.00. The van der Waals surface area contributed by atoms with Crippen molar-refractivity contribution in [2.75, 3.05) is 0 Å². The first-order valence-corrected chi connectivity index (χ1v) is 7.47. The molecule has 1 heterocycles. The van der Waals surface area contributed by atoms with Crippen LogP contribution in [0.15, 0.2) is 41.8 Å². The largest absolute Gasteiger partial charge is 0.303 e. The van der Waals surface area contributed by atoms with Gasteiger partial charge in [0.1, 0.15) is 6.29 Å². The highest BCUT2D eigenvalue weighted by molar-refractivity contribution is 7.10. The minimum atomic E-state index is -0.0134. The third kappa shape index (κ3) is 3.54. The Morgan fingerprint density at radius 3 is 2.32 bits per heavy atom. The molecule has 1 aromatic heterocycles. The fourth-order valence-electron chi connectivity index (χ4n) is 2.11. The number of hydrogen-bond acceptors (Lipinski definition) is 2. The van der Waals surface area contributed by atoms with Crippen LogP contribution in [0.2, 0.25) is 0 Å². The summed E-state index contributed by atoms with van der Waals surface area (Å²) in [6.07, 6.45) is 1.85. The molecule has 1 aromatic carbocycles. The number of hydrogen-bond donors (Lipinski definition) is 0. The van der Waals surface area contributed by atoms with E-state index in [2.05, 4.69) is 45.0 Å². The summed E-state index contributed by atoms with van der Waals surface area (Å²) in [7, 11) is 0. The van der Waals surface area contributed by atoms with Crippen molar-refractivity contribution >= 4 is 17.6 Å². The molecule has 0 aliphatic heterocycles. The number of rotatable bonds is 4. The fraction of sp³-hybridized carbons (Fsp3) is 0.353. The average molecular weight is 272 g/mol. The van der Waals surface area contributed by atoms with Crippen LogP contribution >= 0.6 is 11.3 Å². The quantitative estimate of drug-likeness (QED) is 0.745. The molecule has 1 unspecified atom stereocenters. The van der Waals surface area contributed by atoms with Gasteiger partial charge in [-0.3, -0.25) is 0 Å². The van der Waals surface area contributed by atoms with Crippen molar-refractivity contribution in [2.45, 2.75) is 38.5 Å². The van der Waals surface area contributed by atoms with E-state index in [0.717, 1.165) is 17.6 Å². The average Bonchev–Trinajstić information content (AvgIpc) is 2.89. The summed E-state index contributed by atoms with van der Waals surface area (Å²) in [4.78, 5) is 12.4. The van der Waals surface area contributed by atoms with E-state index in [-0.39, 0.29) is 11.3 Å². The van der Waals surface area contributed by atoms with Gasteiger partial charge in [0.05, 0.1) is 5.92 Å². The standard InChI is InChI=1S/C17H20OS/c1-17(2,3)15-8-6-13(7-9-15)11-14(12-18)16-5-4-10-19-16/h4-10,12,14H,11H2,1-3H3. The lowest BCUT2D eigenvalue weighted by Gasteiger charge is -2.19. The van der Waals surface area contributed by atoms with Crippen LogP contribution < -0.4 is 0 Å². The van der Waals surface area contributed by atoms with E-state index in [1.54, 1.807) is 11.3 Å². The lowest BCUT2D eigenvalue weighted by atomic mass is 9.86. The Balaban J connectivity index is 2.13. The van der Waals surface area contributed by atoms with E-state index >= 15 is 0 Å². The molecule has 2 rings (SSSR count). The molecule has 1 atom stereocenters. The van der Waals surface area contributed by atoms with Gasteiger partial charge in [0.2, 0.25) is 0 Å². The molecular formula is C17H20OS. The molecule has 19 heavy (non-hydrogen) atoms. The van der Waals surface area contributed by atoms with Gasteiger partial charge in [-0.2, -0.15) is 0 Å². The van der Waals surface area contributed by atoms with E-state index in [1.807, 2.05) is 17.5 Å². The van der Waals surface area contributed by atoms with Crippen LogP contribution in [0, 0.1) is 0 Å². The minimum absolute atomic E-state index is 0.0134. The predicted octanol–water partition coefficient (Wildman–Crippen LogP) is 4.57. The lowest BCUT2D eigenvalue weighted by Crippen LogP contribution is -2.11. The summed E-state index contributed by atoms with van der Waals surface area (Å²) >= 11 is 1.65. The Labute approximate surface area is 119 Å². The highest BCUT2D eigenvalue weighted by Crippen LogP contribution is 2.26.